The van der Waals surface area contributed by atoms with Crippen LogP contribution in [0.1, 0.15) is 18.1 Å². The van der Waals surface area contributed by atoms with Gasteiger partial charge in [-0.2, -0.15) is 0 Å². The van der Waals surface area contributed by atoms with Crippen LogP contribution in [0.4, 0.5) is 11.4 Å². The Kier molecular flexibility index (Phi) is 5.63. The van der Waals surface area contributed by atoms with Gasteiger partial charge in [-0.1, -0.05) is 18.2 Å². The summed E-state index contributed by atoms with van der Waals surface area (Å²) in [4.78, 5) is 10.4. The van der Waals surface area contributed by atoms with Gasteiger partial charge in [0.2, 0.25) is 0 Å². The van der Waals surface area contributed by atoms with Crippen molar-refractivity contribution >= 4 is 21.2 Å². The van der Waals surface area contributed by atoms with Crippen LogP contribution in [0.3, 0.4) is 0 Å². The molecule has 0 radical (unpaired) electrons. The molecule has 0 aromatic heterocycles. The summed E-state index contributed by atoms with van der Waals surface area (Å²) in [6.45, 7) is 4.59. The van der Waals surface area contributed by atoms with Gasteiger partial charge in [-0.05, 0) is 37.6 Å². The summed E-state index contributed by atoms with van der Waals surface area (Å²) in [6, 6.07) is 9.88. The van der Waals surface area contributed by atoms with Crippen molar-refractivity contribution in [1.82, 2.24) is 0 Å². The minimum Gasteiger partial charge on any atom is -0.494 e. The second-order valence-electron chi connectivity index (χ2n) is 5.58. The number of hydrogen-bond acceptors (Lipinski definition) is 6. The summed E-state index contributed by atoms with van der Waals surface area (Å²) in [5, 5.41) is 14.3. The van der Waals surface area contributed by atoms with Gasteiger partial charge in [0.1, 0.15) is 16.3 Å². The average molecular weight is 364 g/mol. The minimum absolute atomic E-state index is 0.149. The highest BCUT2D eigenvalue weighted by Crippen LogP contribution is 2.32. The highest BCUT2D eigenvalue weighted by molar-refractivity contribution is 7.90. The first-order chi connectivity index (χ1) is 11.7. The highest BCUT2D eigenvalue weighted by atomic mass is 32.2. The first-order valence-corrected chi connectivity index (χ1v) is 9.56. The van der Waals surface area contributed by atoms with Crippen LogP contribution >= 0.6 is 0 Å². The molecule has 0 amide bonds. The van der Waals surface area contributed by atoms with Gasteiger partial charge in [-0.3, -0.25) is 10.1 Å². The molecule has 25 heavy (non-hydrogen) atoms. The Labute approximate surface area is 146 Å². The molecule has 0 atom stereocenters. The fourth-order valence-electron chi connectivity index (χ4n) is 2.44. The summed E-state index contributed by atoms with van der Waals surface area (Å²) < 4.78 is 29.2. The topological polar surface area (TPSA) is 98.5 Å². The van der Waals surface area contributed by atoms with Crippen molar-refractivity contribution in [2.24, 2.45) is 0 Å². The van der Waals surface area contributed by atoms with E-state index >= 15 is 0 Å². The molecule has 2 aromatic carbocycles. The van der Waals surface area contributed by atoms with E-state index in [1.165, 1.54) is 18.2 Å². The number of aryl methyl sites for hydroxylation is 1. The Morgan fingerprint density at radius 2 is 1.96 bits per heavy atom. The van der Waals surface area contributed by atoms with Gasteiger partial charge in [0.15, 0.2) is 9.84 Å². The predicted octanol–water partition coefficient (Wildman–Crippen LogP) is 3.32. The molecule has 0 aliphatic heterocycles. The van der Waals surface area contributed by atoms with Crippen LogP contribution in [0.25, 0.3) is 0 Å². The zero-order valence-electron chi connectivity index (χ0n) is 14.3. The standard InChI is InChI=1S/C17H20N2O5S/c1-4-24-15-10-12(2)8-9-13(15)11-18-14-6-5-7-16(25(3,22)23)17(14)19(20)21/h5-10,18H,4,11H2,1-3H3. The molecule has 0 bridgehead atoms. The Hall–Kier alpha value is -2.61. The number of benzene rings is 2. The van der Waals surface area contributed by atoms with Crippen molar-refractivity contribution in [3.05, 3.63) is 57.6 Å². The van der Waals surface area contributed by atoms with Gasteiger partial charge in [0.05, 0.1) is 11.5 Å². The molecule has 0 fully saturated rings. The molecule has 1 N–H and O–H groups in total. The van der Waals surface area contributed by atoms with Crippen molar-refractivity contribution in [3.8, 4) is 5.75 Å². The molecule has 0 spiro atoms. The van der Waals surface area contributed by atoms with Crippen molar-refractivity contribution in [2.45, 2.75) is 25.3 Å². The first kappa shape index (κ1) is 18.7. The SMILES string of the molecule is CCOc1cc(C)ccc1CNc1cccc(S(C)(=O)=O)c1[N+](=O)[O-]. The van der Waals surface area contributed by atoms with Crippen molar-refractivity contribution in [1.29, 1.82) is 0 Å². The van der Waals surface area contributed by atoms with Crippen molar-refractivity contribution < 1.29 is 18.1 Å². The summed E-state index contributed by atoms with van der Waals surface area (Å²) in [5.41, 5.74) is 1.56. The average Bonchev–Trinajstić information content (AvgIpc) is 2.53. The monoisotopic (exact) mass is 364 g/mol. The number of ether oxygens (including phenoxy) is 1. The lowest BCUT2D eigenvalue weighted by atomic mass is 10.1. The molecule has 2 rings (SSSR count). The molecule has 0 aliphatic rings. The van der Waals surface area contributed by atoms with Gasteiger partial charge < -0.3 is 10.1 Å². The number of anilines is 1. The van der Waals surface area contributed by atoms with Crippen LogP contribution in [-0.4, -0.2) is 26.2 Å². The molecule has 7 nitrogen and oxygen atoms in total. The van der Waals surface area contributed by atoms with E-state index in [-0.39, 0.29) is 17.1 Å². The summed E-state index contributed by atoms with van der Waals surface area (Å²) in [7, 11) is -3.71. The van der Waals surface area contributed by atoms with E-state index in [9.17, 15) is 18.5 Å². The Bertz CT molecular complexity index is 894. The van der Waals surface area contributed by atoms with Gasteiger partial charge in [0, 0.05) is 18.4 Å². The predicted molar refractivity (Wildman–Crippen MR) is 95.9 cm³/mol. The number of rotatable bonds is 7. The van der Waals surface area contributed by atoms with Crippen LogP contribution < -0.4 is 10.1 Å². The fourth-order valence-corrected chi connectivity index (χ4v) is 3.30. The molecule has 0 aliphatic carbocycles. The van der Waals surface area contributed by atoms with Crippen molar-refractivity contribution in [3.63, 3.8) is 0 Å². The van der Waals surface area contributed by atoms with Crippen molar-refractivity contribution in [2.75, 3.05) is 18.2 Å². The number of nitro benzene ring substituents is 1. The molecular formula is C17H20N2O5S. The molecule has 0 saturated heterocycles. The summed E-state index contributed by atoms with van der Waals surface area (Å²) in [6.07, 6.45) is 0.951. The van der Waals surface area contributed by atoms with Gasteiger partial charge in [-0.25, -0.2) is 8.42 Å². The van der Waals surface area contributed by atoms with E-state index in [1.807, 2.05) is 32.0 Å². The number of nitrogens with one attached hydrogen (secondary N) is 1. The number of sulfone groups is 1. The first-order valence-electron chi connectivity index (χ1n) is 7.67. The maximum Gasteiger partial charge on any atom is 0.310 e. The number of para-hydroxylation sites is 1. The van der Waals surface area contributed by atoms with Crippen LogP contribution in [-0.2, 0) is 16.4 Å². The number of hydrogen-bond donors (Lipinski definition) is 1. The third-order valence-corrected chi connectivity index (χ3v) is 4.70. The lowest BCUT2D eigenvalue weighted by Gasteiger charge is -2.13. The van der Waals surface area contributed by atoms with Crippen LogP contribution in [0.5, 0.6) is 5.75 Å². The van der Waals surface area contributed by atoms with Crippen LogP contribution in [0.15, 0.2) is 41.3 Å². The number of nitrogens with zero attached hydrogens (tertiary/aromatic N) is 1. The molecule has 134 valence electrons. The fraction of sp³-hybridized carbons (Fsp3) is 0.294. The van der Waals surface area contributed by atoms with Crippen LogP contribution in [0, 0.1) is 17.0 Å². The summed E-state index contributed by atoms with van der Waals surface area (Å²) >= 11 is 0. The van der Waals surface area contributed by atoms with E-state index in [4.69, 9.17) is 4.74 Å². The lowest BCUT2D eigenvalue weighted by Crippen LogP contribution is -2.08. The maximum absolute atomic E-state index is 11.8. The smallest absolute Gasteiger partial charge is 0.310 e. The Morgan fingerprint density at radius 3 is 2.56 bits per heavy atom. The van der Waals surface area contributed by atoms with Gasteiger partial charge >= 0.3 is 5.69 Å². The zero-order valence-corrected chi connectivity index (χ0v) is 15.1. The third-order valence-electron chi connectivity index (χ3n) is 3.57. The second-order valence-corrected chi connectivity index (χ2v) is 7.56. The lowest BCUT2D eigenvalue weighted by molar-refractivity contribution is -0.386. The summed E-state index contributed by atoms with van der Waals surface area (Å²) in [5.74, 6) is 0.692. The Balaban J connectivity index is 2.38. The van der Waals surface area contributed by atoms with Crippen LogP contribution in [0.2, 0.25) is 0 Å². The van der Waals surface area contributed by atoms with E-state index < -0.39 is 20.4 Å². The van der Waals surface area contributed by atoms with Gasteiger partial charge in [0.25, 0.3) is 0 Å². The highest BCUT2D eigenvalue weighted by Gasteiger charge is 2.26. The van der Waals surface area contributed by atoms with E-state index in [1.54, 1.807) is 0 Å². The zero-order chi connectivity index (χ0) is 18.6. The quantitative estimate of drug-likeness (QED) is 0.598. The molecule has 0 unspecified atom stereocenters. The Morgan fingerprint density at radius 1 is 1.24 bits per heavy atom. The minimum atomic E-state index is -3.71. The maximum atomic E-state index is 11.8. The molecule has 0 saturated carbocycles. The molecule has 2 aromatic rings. The molecule has 8 heteroatoms. The van der Waals surface area contributed by atoms with E-state index in [0.29, 0.717) is 12.4 Å². The molecular weight excluding hydrogens is 344 g/mol. The van der Waals surface area contributed by atoms with E-state index in [2.05, 4.69) is 5.32 Å². The van der Waals surface area contributed by atoms with E-state index in [0.717, 1.165) is 17.4 Å². The van der Waals surface area contributed by atoms with Gasteiger partial charge in [-0.15, -0.1) is 0 Å². The number of nitro groups is 1. The largest absolute Gasteiger partial charge is 0.494 e. The third kappa shape index (κ3) is 4.48. The molecule has 0 heterocycles. The second kappa shape index (κ2) is 7.52. The normalized spacial score (nSPS) is 11.2.